The van der Waals surface area contributed by atoms with E-state index in [2.05, 4.69) is 0 Å². The topological polar surface area (TPSA) is 66.6 Å². The number of nitro benzene ring substituents is 1. The first kappa shape index (κ1) is 11.9. The molecule has 1 atom stereocenters. The molecule has 1 unspecified atom stereocenters. The van der Waals surface area contributed by atoms with Gasteiger partial charge in [-0.3, -0.25) is 10.1 Å². The Morgan fingerprint density at radius 1 is 1.59 bits per heavy atom. The van der Waals surface area contributed by atoms with Crippen LogP contribution in [-0.2, 0) is 0 Å². The number of nitrogens with zero attached hydrogens (tertiary/aromatic N) is 2. The summed E-state index contributed by atoms with van der Waals surface area (Å²) in [6.45, 7) is 2.73. The number of anilines is 1. The van der Waals surface area contributed by atoms with Gasteiger partial charge in [-0.15, -0.1) is 0 Å². The van der Waals surface area contributed by atoms with E-state index < -0.39 is 0 Å². The Morgan fingerprint density at radius 2 is 2.35 bits per heavy atom. The third kappa shape index (κ3) is 2.24. The highest BCUT2D eigenvalue weighted by Gasteiger charge is 2.29. The van der Waals surface area contributed by atoms with Crippen LogP contribution in [0.1, 0.15) is 18.4 Å². The van der Waals surface area contributed by atoms with Crippen molar-refractivity contribution in [2.45, 2.75) is 25.8 Å². The average molecular weight is 236 g/mol. The summed E-state index contributed by atoms with van der Waals surface area (Å²) in [6.07, 6.45) is 1.86. The minimum Gasteiger partial charge on any atom is -0.394 e. The van der Waals surface area contributed by atoms with Crippen molar-refractivity contribution in [3.05, 3.63) is 33.9 Å². The van der Waals surface area contributed by atoms with Crippen molar-refractivity contribution in [1.29, 1.82) is 0 Å². The number of hydrogen-bond acceptors (Lipinski definition) is 4. The van der Waals surface area contributed by atoms with E-state index in [-0.39, 0.29) is 23.3 Å². The van der Waals surface area contributed by atoms with Crippen molar-refractivity contribution in [3.8, 4) is 0 Å². The summed E-state index contributed by atoms with van der Waals surface area (Å²) in [5.41, 5.74) is 1.75. The molecule has 0 aliphatic carbocycles. The second-order valence-corrected chi connectivity index (χ2v) is 4.42. The van der Waals surface area contributed by atoms with Gasteiger partial charge in [0.05, 0.1) is 17.6 Å². The van der Waals surface area contributed by atoms with E-state index >= 15 is 0 Å². The Balaban J connectivity index is 2.42. The predicted octanol–water partition coefficient (Wildman–Crippen LogP) is 1.86. The van der Waals surface area contributed by atoms with E-state index in [1.54, 1.807) is 6.07 Å². The molecule has 17 heavy (non-hydrogen) atoms. The van der Waals surface area contributed by atoms with Crippen LogP contribution in [0.3, 0.4) is 0 Å². The van der Waals surface area contributed by atoms with E-state index in [9.17, 15) is 15.2 Å². The van der Waals surface area contributed by atoms with Crippen LogP contribution in [0.25, 0.3) is 0 Å². The summed E-state index contributed by atoms with van der Waals surface area (Å²) in [6, 6.07) is 5.12. The third-order valence-electron chi connectivity index (χ3n) is 3.22. The number of rotatable bonds is 3. The molecule has 1 heterocycles. The number of aryl methyl sites for hydroxylation is 1. The Hall–Kier alpha value is -1.62. The zero-order valence-corrected chi connectivity index (χ0v) is 9.80. The lowest BCUT2D eigenvalue weighted by Gasteiger charge is -2.25. The molecule has 0 aromatic heterocycles. The van der Waals surface area contributed by atoms with E-state index in [0.29, 0.717) is 5.69 Å². The molecule has 0 amide bonds. The zero-order chi connectivity index (χ0) is 12.4. The normalized spacial score (nSPS) is 19.6. The first-order valence-corrected chi connectivity index (χ1v) is 5.76. The van der Waals surface area contributed by atoms with Crippen molar-refractivity contribution in [2.75, 3.05) is 18.1 Å². The van der Waals surface area contributed by atoms with Crippen molar-refractivity contribution in [3.63, 3.8) is 0 Å². The minimum atomic E-state index is -0.360. The van der Waals surface area contributed by atoms with Gasteiger partial charge < -0.3 is 10.0 Å². The van der Waals surface area contributed by atoms with Crippen LogP contribution >= 0.6 is 0 Å². The Morgan fingerprint density at radius 3 is 3.00 bits per heavy atom. The monoisotopic (exact) mass is 236 g/mol. The van der Waals surface area contributed by atoms with Crippen molar-refractivity contribution in [2.24, 2.45) is 0 Å². The molecule has 1 aliphatic rings. The Kier molecular flexibility index (Phi) is 3.28. The predicted molar refractivity (Wildman–Crippen MR) is 65.3 cm³/mol. The summed E-state index contributed by atoms with van der Waals surface area (Å²) < 4.78 is 0. The lowest BCUT2D eigenvalue weighted by molar-refractivity contribution is -0.384. The van der Waals surface area contributed by atoms with Crippen molar-refractivity contribution >= 4 is 11.4 Å². The first-order valence-electron chi connectivity index (χ1n) is 5.76. The van der Waals surface area contributed by atoms with Crippen molar-refractivity contribution < 1.29 is 10.0 Å². The maximum Gasteiger partial charge on any atom is 0.292 e. The van der Waals surface area contributed by atoms with Gasteiger partial charge in [0, 0.05) is 12.6 Å². The van der Waals surface area contributed by atoms with Gasteiger partial charge in [-0.05, 0) is 31.4 Å². The fourth-order valence-corrected chi connectivity index (χ4v) is 2.36. The number of aliphatic hydroxyl groups excluding tert-OH is 1. The fraction of sp³-hybridized carbons (Fsp3) is 0.500. The highest BCUT2D eigenvalue weighted by Crippen LogP contribution is 2.34. The molecular weight excluding hydrogens is 220 g/mol. The molecule has 92 valence electrons. The number of nitro groups is 1. The van der Waals surface area contributed by atoms with Gasteiger partial charge in [0.2, 0.25) is 0 Å². The molecule has 0 radical (unpaired) electrons. The summed E-state index contributed by atoms with van der Waals surface area (Å²) in [5, 5.41) is 20.3. The van der Waals surface area contributed by atoms with Crippen molar-refractivity contribution in [1.82, 2.24) is 0 Å². The van der Waals surface area contributed by atoms with Crippen LogP contribution in [0.2, 0.25) is 0 Å². The van der Waals surface area contributed by atoms with Gasteiger partial charge in [0.15, 0.2) is 0 Å². The molecule has 1 aliphatic heterocycles. The minimum absolute atomic E-state index is 0.00972. The van der Waals surface area contributed by atoms with Crippen LogP contribution in [0.4, 0.5) is 11.4 Å². The van der Waals surface area contributed by atoms with E-state index in [1.165, 1.54) is 6.07 Å². The molecule has 1 aromatic rings. The second kappa shape index (κ2) is 4.71. The second-order valence-electron chi connectivity index (χ2n) is 4.42. The molecule has 1 fully saturated rings. The Labute approximate surface area is 99.8 Å². The smallest absolute Gasteiger partial charge is 0.292 e. The van der Waals surface area contributed by atoms with Crippen LogP contribution in [0, 0.1) is 17.0 Å². The standard InChI is InChI=1S/C12H16N2O3/c1-9-4-5-11(14(16)17)12(7-9)13-6-2-3-10(13)8-15/h4-5,7,10,15H,2-3,6,8H2,1H3. The molecule has 1 saturated heterocycles. The lowest BCUT2D eigenvalue weighted by Crippen LogP contribution is -2.32. The van der Waals surface area contributed by atoms with Gasteiger partial charge in [0.1, 0.15) is 5.69 Å². The van der Waals surface area contributed by atoms with Gasteiger partial charge in [-0.25, -0.2) is 0 Å². The van der Waals surface area contributed by atoms with E-state index in [0.717, 1.165) is 24.9 Å². The van der Waals surface area contributed by atoms with E-state index in [4.69, 9.17) is 0 Å². The zero-order valence-electron chi connectivity index (χ0n) is 9.80. The SMILES string of the molecule is Cc1ccc([N+](=O)[O-])c(N2CCCC2CO)c1. The molecule has 0 saturated carbocycles. The van der Waals surface area contributed by atoms with Gasteiger partial charge in [0.25, 0.3) is 5.69 Å². The summed E-state index contributed by atoms with van der Waals surface area (Å²) in [7, 11) is 0. The molecule has 2 rings (SSSR count). The maximum absolute atomic E-state index is 11.0. The molecular formula is C12H16N2O3. The van der Waals surface area contributed by atoms with Crippen LogP contribution in [0.5, 0.6) is 0 Å². The average Bonchev–Trinajstić information content (AvgIpc) is 2.76. The van der Waals surface area contributed by atoms with E-state index in [1.807, 2.05) is 17.9 Å². The quantitative estimate of drug-likeness (QED) is 0.642. The first-order chi connectivity index (χ1) is 8.13. The van der Waals surface area contributed by atoms with Gasteiger partial charge in [-0.2, -0.15) is 0 Å². The van der Waals surface area contributed by atoms with Gasteiger partial charge in [-0.1, -0.05) is 6.07 Å². The molecule has 1 N–H and O–H groups in total. The molecule has 0 spiro atoms. The number of aliphatic hydroxyl groups is 1. The maximum atomic E-state index is 11.0. The summed E-state index contributed by atoms with van der Waals surface area (Å²) in [5.74, 6) is 0. The van der Waals surface area contributed by atoms with Crippen LogP contribution in [-0.4, -0.2) is 29.2 Å². The van der Waals surface area contributed by atoms with Gasteiger partial charge >= 0.3 is 0 Å². The van der Waals surface area contributed by atoms with Crippen LogP contribution in [0.15, 0.2) is 18.2 Å². The lowest BCUT2D eigenvalue weighted by atomic mass is 10.1. The summed E-state index contributed by atoms with van der Waals surface area (Å²) >= 11 is 0. The summed E-state index contributed by atoms with van der Waals surface area (Å²) in [4.78, 5) is 12.6. The fourth-order valence-electron chi connectivity index (χ4n) is 2.36. The number of benzene rings is 1. The highest BCUT2D eigenvalue weighted by molar-refractivity contribution is 5.65. The molecule has 5 nitrogen and oxygen atoms in total. The molecule has 5 heteroatoms. The number of hydrogen-bond donors (Lipinski definition) is 1. The Bertz CT molecular complexity index is 434. The molecule has 1 aromatic carbocycles. The highest BCUT2D eigenvalue weighted by atomic mass is 16.6. The third-order valence-corrected chi connectivity index (χ3v) is 3.22. The molecule has 0 bridgehead atoms. The largest absolute Gasteiger partial charge is 0.394 e. The van der Waals surface area contributed by atoms with Crippen LogP contribution < -0.4 is 4.90 Å².